The third kappa shape index (κ3) is 4.80. The third-order valence-corrected chi connectivity index (χ3v) is 10.1. The van der Waals surface area contributed by atoms with E-state index >= 15 is 0 Å². The Morgan fingerprint density at radius 3 is 2.94 bits per heavy atom. The molecule has 0 bridgehead atoms. The molecule has 6 nitrogen and oxygen atoms in total. The highest BCUT2D eigenvalue weighted by Crippen LogP contribution is 2.27. The first-order chi connectivity index (χ1) is 14.9. The first kappa shape index (κ1) is 22.7. The van der Waals surface area contributed by atoms with E-state index in [-0.39, 0.29) is 18.3 Å². The summed E-state index contributed by atoms with van der Waals surface area (Å²) in [6.07, 6.45) is 3.21. The van der Waals surface area contributed by atoms with Gasteiger partial charge in [-0.15, -0.1) is 11.3 Å². The molecule has 1 saturated heterocycles. The fourth-order valence-corrected chi connectivity index (χ4v) is 7.74. The molecule has 2 aromatic heterocycles. The average Bonchev–Trinajstić information content (AvgIpc) is 3.41. The lowest BCUT2D eigenvalue weighted by Crippen LogP contribution is -2.42. The van der Waals surface area contributed by atoms with Gasteiger partial charge in [0.2, 0.25) is 0 Å². The molecular formula is C20H22FN3O3S4. The lowest BCUT2D eigenvalue weighted by Gasteiger charge is -2.29. The molecule has 0 aliphatic carbocycles. The maximum absolute atomic E-state index is 13.7. The number of aryl methyl sites for hydroxylation is 1. The Bertz CT molecular complexity index is 1250. The molecule has 3 heterocycles. The lowest BCUT2D eigenvalue weighted by molar-refractivity contribution is -0.122. The normalized spacial score (nSPS) is 18.6. The Hall–Kier alpha value is -1.53. The predicted molar refractivity (Wildman–Crippen MR) is 125 cm³/mol. The van der Waals surface area contributed by atoms with E-state index in [9.17, 15) is 17.6 Å². The van der Waals surface area contributed by atoms with Gasteiger partial charge < -0.3 is 4.57 Å². The SMILES string of the molecule is CSCCn1c(=NC(=O)C2CCCN(S(=O)(=O)c3cccs3)C2)sc2cc(F)ccc21. The molecule has 4 rings (SSSR count). The molecule has 1 aromatic carbocycles. The summed E-state index contributed by atoms with van der Waals surface area (Å²) in [4.78, 5) is 17.9. The summed E-state index contributed by atoms with van der Waals surface area (Å²) in [7, 11) is -3.59. The number of hydrogen-bond acceptors (Lipinski definition) is 6. The Kier molecular flexibility index (Phi) is 6.97. The number of nitrogens with zero attached hydrogens (tertiary/aromatic N) is 3. The number of halogens is 1. The number of carbonyl (C=O) groups excluding carboxylic acids is 1. The highest BCUT2D eigenvalue weighted by atomic mass is 32.2. The van der Waals surface area contributed by atoms with Gasteiger partial charge in [0.05, 0.1) is 16.1 Å². The molecule has 0 saturated carbocycles. The molecule has 1 unspecified atom stereocenters. The van der Waals surface area contributed by atoms with E-state index in [0.717, 1.165) is 16.0 Å². The maximum atomic E-state index is 13.7. The fourth-order valence-electron chi connectivity index (χ4n) is 3.62. The monoisotopic (exact) mass is 499 g/mol. The van der Waals surface area contributed by atoms with Crippen molar-refractivity contribution in [2.24, 2.45) is 10.9 Å². The van der Waals surface area contributed by atoms with E-state index in [0.29, 0.717) is 34.9 Å². The van der Waals surface area contributed by atoms with E-state index in [1.54, 1.807) is 35.3 Å². The first-order valence-corrected chi connectivity index (χ1v) is 14.3. The molecular weight excluding hydrogens is 478 g/mol. The second-order valence-electron chi connectivity index (χ2n) is 7.23. The van der Waals surface area contributed by atoms with Crippen molar-refractivity contribution in [3.05, 3.63) is 46.3 Å². The number of piperidine rings is 1. The summed E-state index contributed by atoms with van der Waals surface area (Å²) in [6.45, 7) is 1.19. The minimum absolute atomic E-state index is 0.132. The van der Waals surface area contributed by atoms with Crippen molar-refractivity contribution >= 4 is 60.6 Å². The minimum Gasteiger partial charge on any atom is -0.316 e. The fraction of sp³-hybridized carbons (Fsp3) is 0.400. The zero-order chi connectivity index (χ0) is 22.0. The Morgan fingerprint density at radius 2 is 2.19 bits per heavy atom. The molecule has 1 amide bonds. The van der Waals surface area contributed by atoms with Gasteiger partial charge in [-0.1, -0.05) is 17.4 Å². The largest absolute Gasteiger partial charge is 0.316 e. The van der Waals surface area contributed by atoms with Crippen molar-refractivity contribution < 1.29 is 17.6 Å². The summed E-state index contributed by atoms with van der Waals surface area (Å²) < 4.78 is 43.7. The molecule has 3 aromatic rings. The maximum Gasteiger partial charge on any atom is 0.252 e. The molecule has 31 heavy (non-hydrogen) atoms. The number of thiazole rings is 1. The van der Waals surface area contributed by atoms with Crippen LogP contribution < -0.4 is 4.80 Å². The van der Waals surface area contributed by atoms with Crippen molar-refractivity contribution in [1.82, 2.24) is 8.87 Å². The van der Waals surface area contributed by atoms with Gasteiger partial charge in [-0.2, -0.15) is 21.1 Å². The van der Waals surface area contributed by atoms with Gasteiger partial charge in [0.15, 0.2) is 4.80 Å². The number of benzene rings is 1. The van der Waals surface area contributed by atoms with Gasteiger partial charge in [0, 0.05) is 25.4 Å². The van der Waals surface area contributed by atoms with E-state index in [1.807, 2.05) is 10.8 Å². The average molecular weight is 500 g/mol. The van der Waals surface area contributed by atoms with Crippen molar-refractivity contribution in [3.63, 3.8) is 0 Å². The molecule has 11 heteroatoms. The summed E-state index contributed by atoms with van der Waals surface area (Å²) in [5, 5.41) is 1.73. The highest BCUT2D eigenvalue weighted by Gasteiger charge is 2.33. The molecule has 0 N–H and O–H groups in total. The van der Waals surface area contributed by atoms with Crippen LogP contribution in [0.5, 0.6) is 0 Å². The number of sulfonamides is 1. The molecule has 166 valence electrons. The van der Waals surface area contributed by atoms with Crippen LogP contribution in [-0.4, -0.2) is 48.3 Å². The zero-order valence-electron chi connectivity index (χ0n) is 16.9. The lowest BCUT2D eigenvalue weighted by atomic mass is 9.99. The van der Waals surface area contributed by atoms with Crippen LogP contribution in [-0.2, 0) is 21.4 Å². The summed E-state index contributed by atoms with van der Waals surface area (Å²) >= 11 is 4.14. The quantitative estimate of drug-likeness (QED) is 0.517. The van der Waals surface area contributed by atoms with Gasteiger partial charge >= 0.3 is 0 Å². The van der Waals surface area contributed by atoms with E-state index in [1.165, 1.54) is 39.1 Å². The van der Waals surface area contributed by atoms with Crippen LogP contribution in [0.3, 0.4) is 0 Å². The molecule has 0 radical (unpaired) electrons. The van der Waals surface area contributed by atoms with E-state index in [2.05, 4.69) is 4.99 Å². The highest BCUT2D eigenvalue weighted by molar-refractivity contribution is 7.98. The Morgan fingerprint density at radius 1 is 1.35 bits per heavy atom. The summed E-state index contributed by atoms with van der Waals surface area (Å²) in [6, 6.07) is 7.86. The van der Waals surface area contributed by atoms with Crippen molar-refractivity contribution in [1.29, 1.82) is 0 Å². The van der Waals surface area contributed by atoms with Crippen LogP contribution in [0.25, 0.3) is 10.2 Å². The van der Waals surface area contributed by atoms with E-state index < -0.39 is 15.9 Å². The summed E-state index contributed by atoms with van der Waals surface area (Å²) in [5.41, 5.74) is 0.845. The van der Waals surface area contributed by atoms with Crippen LogP contribution in [0.15, 0.2) is 44.9 Å². The first-order valence-electron chi connectivity index (χ1n) is 9.80. The number of amides is 1. The van der Waals surface area contributed by atoms with Gasteiger partial charge in [-0.3, -0.25) is 4.79 Å². The number of hydrogen-bond donors (Lipinski definition) is 0. The molecule has 1 aliphatic heterocycles. The Labute approximate surface area is 192 Å². The molecule has 1 fully saturated rings. The van der Waals surface area contributed by atoms with Crippen molar-refractivity contribution in [2.75, 3.05) is 25.1 Å². The third-order valence-electron chi connectivity index (χ3n) is 5.19. The predicted octanol–water partition coefficient (Wildman–Crippen LogP) is 3.79. The molecule has 1 atom stereocenters. The van der Waals surface area contributed by atoms with Crippen LogP contribution in [0.2, 0.25) is 0 Å². The number of thioether (sulfide) groups is 1. The Balaban J connectivity index is 1.63. The molecule has 0 spiro atoms. The van der Waals surface area contributed by atoms with Gasteiger partial charge in [-0.25, -0.2) is 12.8 Å². The van der Waals surface area contributed by atoms with Crippen LogP contribution in [0.1, 0.15) is 12.8 Å². The van der Waals surface area contributed by atoms with Gasteiger partial charge in [-0.05, 0) is 48.7 Å². The van der Waals surface area contributed by atoms with Crippen molar-refractivity contribution in [3.8, 4) is 0 Å². The number of carbonyl (C=O) groups is 1. The second kappa shape index (κ2) is 9.53. The van der Waals surface area contributed by atoms with Crippen LogP contribution >= 0.6 is 34.4 Å². The molecule has 1 aliphatic rings. The zero-order valence-corrected chi connectivity index (χ0v) is 20.1. The summed E-state index contributed by atoms with van der Waals surface area (Å²) in [5.74, 6) is -0.304. The van der Waals surface area contributed by atoms with E-state index in [4.69, 9.17) is 0 Å². The van der Waals surface area contributed by atoms with Gasteiger partial charge in [0.25, 0.3) is 15.9 Å². The standard InChI is InChI=1S/C20H22FN3O3S4/c1-28-11-9-24-16-7-6-15(21)12-17(16)30-20(24)22-19(25)14-4-2-8-23(13-14)31(26,27)18-5-3-10-29-18/h3,5-7,10,12,14H,2,4,8-9,11,13H2,1H3. The number of thiophene rings is 1. The van der Waals surface area contributed by atoms with Gasteiger partial charge in [0.1, 0.15) is 10.0 Å². The minimum atomic E-state index is -3.59. The van der Waals surface area contributed by atoms with Crippen molar-refractivity contribution in [2.45, 2.75) is 23.6 Å². The number of fused-ring (bicyclic) bond motifs is 1. The smallest absolute Gasteiger partial charge is 0.252 e. The van der Waals surface area contributed by atoms with Crippen LogP contribution in [0.4, 0.5) is 4.39 Å². The number of aromatic nitrogens is 1. The second-order valence-corrected chi connectivity index (χ2v) is 12.3. The van der Waals surface area contributed by atoms with Crippen LogP contribution in [0, 0.1) is 11.7 Å². The topological polar surface area (TPSA) is 71.7 Å². The number of rotatable bonds is 6.